The summed E-state index contributed by atoms with van der Waals surface area (Å²) < 4.78 is 5.39. The number of piperidine rings is 1. The topological polar surface area (TPSA) is 55.6 Å². The van der Waals surface area contributed by atoms with Crippen molar-refractivity contribution >= 4 is 5.91 Å². The molecule has 1 unspecified atom stereocenters. The van der Waals surface area contributed by atoms with E-state index < -0.39 is 0 Å². The molecule has 1 amide bonds. The molecule has 0 aliphatic carbocycles. The van der Waals surface area contributed by atoms with Crippen LogP contribution in [0.2, 0.25) is 0 Å². The van der Waals surface area contributed by atoms with E-state index >= 15 is 0 Å². The largest absolute Gasteiger partial charge is 0.372 e. The Labute approximate surface area is 113 Å². The highest BCUT2D eigenvalue weighted by Gasteiger charge is 2.27. The predicted octanol–water partition coefficient (Wildman–Crippen LogP) is 1.67. The number of fused-ring (bicyclic) bond motifs is 1. The molecule has 1 aromatic rings. The van der Waals surface area contributed by atoms with E-state index in [2.05, 4.69) is 0 Å². The number of nitrogens with two attached hydrogens (primary N) is 1. The van der Waals surface area contributed by atoms with Gasteiger partial charge in [0.15, 0.2) is 0 Å². The van der Waals surface area contributed by atoms with Crippen LogP contribution in [0.4, 0.5) is 0 Å². The first kappa shape index (κ1) is 12.6. The summed E-state index contributed by atoms with van der Waals surface area (Å²) >= 11 is 0. The first-order chi connectivity index (χ1) is 9.29. The van der Waals surface area contributed by atoms with E-state index in [-0.39, 0.29) is 11.9 Å². The average molecular weight is 260 g/mol. The van der Waals surface area contributed by atoms with Crippen LogP contribution < -0.4 is 5.73 Å². The van der Waals surface area contributed by atoms with Gasteiger partial charge in [-0.2, -0.15) is 0 Å². The van der Waals surface area contributed by atoms with Crippen LogP contribution in [0.25, 0.3) is 0 Å². The van der Waals surface area contributed by atoms with E-state index in [4.69, 9.17) is 10.5 Å². The average Bonchev–Trinajstić information content (AvgIpc) is 2.93. The molecule has 4 heteroatoms. The van der Waals surface area contributed by atoms with Crippen LogP contribution in [-0.2, 0) is 18.0 Å². The normalized spacial score (nSPS) is 22.4. The Kier molecular flexibility index (Phi) is 3.53. The number of carbonyl (C=O) groups is 1. The van der Waals surface area contributed by atoms with Gasteiger partial charge in [0.05, 0.1) is 13.2 Å². The predicted molar refractivity (Wildman–Crippen MR) is 72.7 cm³/mol. The fraction of sp³-hybridized carbons (Fsp3) is 0.533. The summed E-state index contributed by atoms with van der Waals surface area (Å²) in [5.41, 5.74) is 8.90. The fourth-order valence-electron chi connectivity index (χ4n) is 2.98. The molecule has 102 valence electrons. The van der Waals surface area contributed by atoms with Crippen molar-refractivity contribution in [3.8, 4) is 0 Å². The van der Waals surface area contributed by atoms with Crippen LogP contribution in [0, 0.1) is 0 Å². The second-order valence-corrected chi connectivity index (χ2v) is 5.36. The Balaban J connectivity index is 1.82. The second kappa shape index (κ2) is 5.31. The number of benzene rings is 1. The zero-order chi connectivity index (χ0) is 13.2. The second-order valence-electron chi connectivity index (χ2n) is 5.36. The van der Waals surface area contributed by atoms with Crippen LogP contribution in [0.3, 0.4) is 0 Å². The number of nitrogens with zero attached hydrogens (tertiary/aromatic N) is 1. The maximum atomic E-state index is 12.6. The zero-order valence-corrected chi connectivity index (χ0v) is 11.1. The minimum Gasteiger partial charge on any atom is -0.372 e. The summed E-state index contributed by atoms with van der Waals surface area (Å²) in [6.45, 7) is 2.67. The fourth-order valence-corrected chi connectivity index (χ4v) is 2.98. The Morgan fingerprint density at radius 3 is 3.00 bits per heavy atom. The van der Waals surface area contributed by atoms with Crippen LogP contribution in [0.5, 0.6) is 0 Å². The van der Waals surface area contributed by atoms with Gasteiger partial charge in [-0.3, -0.25) is 4.79 Å². The first-order valence-corrected chi connectivity index (χ1v) is 7.00. The smallest absolute Gasteiger partial charge is 0.254 e. The molecule has 0 saturated carbocycles. The molecular weight excluding hydrogens is 240 g/mol. The van der Waals surface area contributed by atoms with Crippen LogP contribution in [0.1, 0.15) is 40.7 Å². The number of rotatable bonds is 2. The van der Waals surface area contributed by atoms with Crippen molar-refractivity contribution in [2.24, 2.45) is 5.73 Å². The Morgan fingerprint density at radius 2 is 2.16 bits per heavy atom. The molecule has 0 radical (unpaired) electrons. The van der Waals surface area contributed by atoms with Gasteiger partial charge in [0.25, 0.3) is 5.91 Å². The summed E-state index contributed by atoms with van der Waals surface area (Å²) in [6.07, 6.45) is 3.27. The number of amides is 1. The van der Waals surface area contributed by atoms with Crippen molar-refractivity contribution in [3.63, 3.8) is 0 Å². The monoisotopic (exact) mass is 260 g/mol. The lowest BCUT2D eigenvalue weighted by atomic mass is 9.99. The first-order valence-electron chi connectivity index (χ1n) is 7.00. The van der Waals surface area contributed by atoms with E-state index in [1.54, 1.807) is 0 Å². The summed E-state index contributed by atoms with van der Waals surface area (Å²) in [5.74, 6) is 0.116. The van der Waals surface area contributed by atoms with Crippen molar-refractivity contribution in [2.75, 3.05) is 13.1 Å². The van der Waals surface area contributed by atoms with Gasteiger partial charge in [-0.1, -0.05) is 6.07 Å². The number of hydrogen-bond acceptors (Lipinski definition) is 3. The van der Waals surface area contributed by atoms with Gasteiger partial charge in [-0.15, -0.1) is 0 Å². The van der Waals surface area contributed by atoms with E-state index in [1.165, 1.54) is 12.0 Å². The maximum absolute atomic E-state index is 12.6. The lowest BCUT2D eigenvalue weighted by Gasteiger charge is -2.35. The summed E-state index contributed by atoms with van der Waals surface area (Å²) in [6, 6.07) is 6.10. The van der Waals surface area contributed by atoms with Crippen molar-refractivity contribution < 1.29 is 9.53 Å². The van der Waals surface area contributed by atoms with Gasteiger partial charge >= 0.3 is 0 Å². The molecular formula is C15H20N2O2. The quantitative estimate of drug-likeness (QED) is 0.880. The molecule has 1 atom stereocenters. The molecule has 1 fully saturated rings. The van der Waals surface area contributed by atoms with Gasteiger partial charge in [0.2, 0.25) is 0 Å². The third-order valence-electron chi connectivity index (χ3n) is 4.13. The minimum absolute atomic E-state index is 0.116. The highest BCUT2D eigenvalue weighted by atomic mass is 16.5. The molecule has 2 N–H and O–H groups in total. The summed E-state index contributed by atoms with van der Waals surface area (Å²) in [5, 5.41) is 0. The third-order valence-corrected chi connectivity index (χ3v) is 4.13. The van der Waals surface area contributed by atoms with E-state index in [9.17, 15) is 4.79 Å². The molecule has 1 aromatic carbocycles. The van der Waals surface area contributed by atoms with Gasteiger partial charge in [-0.25, -0.2) is 0 Å². The molecule has 2 heterocycles. The highest BCUT2D eigenvalue weighted by molar-refractivity contribution is 5.94. The standard InChI is InChI=1S/C15H20N2O2/c16-8-14-3-1-2-6-17(14)15(18)11-4-5-12-9-19-10-13(12)7-11/h4-5,7,14H,1-3,6,8-10,16H2. The van der Waals surface area contributed by atoms with E-state index in [1.807, 2.05) is 23.1 Å². The molecule has 1 saturated heterocycles. The lowest BCUT2D eigenvalue weighted by molar-refractivity contribution is 0.0623. The van der Waals surface area contributed by atoms with Crippen molar-refractivity contribution in [1.29, 1.82) is 0 Å². The Hall–Kier alpha value is -1.39. The van der Waals surface area contributed by atoms with Crippen LogP contribution in [0.15, 0.2) is 18.2 Å². The highest BCUT2D eigenvalue weighted by Crippen LogP contribution is 2.24. The van der Waals surface area contributed by atoms with Gasteiger partial charge < -0.3 is 15.4 Å². The lowest BCUT2D eigenvalue weighted by Crippen LogP contribution is -2.47. The van der Waals surface area contributed by atoms with Gasteiger partial charge in [-0.05, 0) is 42.5 Å². The van der Waals surface area contributed by atoms with E-state index in [0.29, 0.717) is 19.8 Å². The van der Waals surface area contributed by atoms with Crippen molar-refractivity contribution in [3.05, 3.63) is 34.9 Å². The van der Waals surface area contributed by atoms with Gasteiger partial charge in [0.1, 0.15) is 0 Å². The molecule has 0 bridgehead atoms. The van der Waals surface area contributed by atoms with Gasteiger partial charge in [0, 0.05) is 24.7 Å². The number of hydrogen-bond donors (Lipinski definition) is 1. The third kappa shape index (κ3) is 2.38. The number of carbonyl (C=O) groups excluding carboxylic acids is 1. The minimum atomic E-state index is 0.116. The van der Waals surface area contributed by atoms with Crippen LogP contribution in [-0.4, -0.2) is 29.9 Å². The SMILES string of the molecule is NCC1CCCCN1C(=O)c1ccc2c(c1)COC2. The number of likely N-dealkylation sites (tertiary alicyclic amines) is 1. The van der Waals surface area contributed by atoms with Crippen LogP contribution >= 0.6 is 0 Å². The van der Waals surface area contributed by atoms with E-state index in [0.717, 1.165) is 30.5 Å². The molecule has 2 aliphatic heterocycles. The van der Waals surface area contributed by atoms with Crippen molar-refractivity contribution in [2.45, 2.75) is 38.5 Å². The number of ether oxygens (including phenoxy) is 1. The molecule has 0 aromatic heterocycles. The molecule has 0 spiro atoms. The Morgan fingerprint density at radius 1 is 1.32 bits per heavy atom. The van der Waals surface area contributed by atoms with Crippen molar-refractivity contribution in [1.82, 2.24) is 4.90 Å². The molecule has 3 rings (SSSR count). The molecule has 4 nitrogen and oxygen atoms in total. The maximum Gasteiger partial charge on any atom is 0.254 e. The Bertz CT molecular complexity index is 487. The summed E-state index contributed by atoms with van der Waals surface area (Å²) in [7, 11) is 0. The summed E-state index contributed by atoms with van der Waals surface area (Å²) in [4.78, 5) is 14.5. The zero-order valence-electron chi connectivity index (χ0n) is 11.1. The molecule has 19 heavy (non-hydrogen) atoms. The molecule has 2 aliphatic rings.